The van der Waals surface area contributed by atoms with Crippen molar-refractivity contribution < 1.29 is 26.7 Å². The van der Waals surface area contributed by atoms with E-state index < -0.39 is 28.0 Å². The zero-order valence-corrected chi connectivity index (χ0v) is 12.7. The summed E-state index contributed by atoms with van der Waals surface area (Å²) in [6.45, 7) is 0.911. The Labute approximate surface area is 125 Å². The summed E-state index contributed by atoms with van der Waals surface area (Å²) in [5.41, 5.74) is 0.704. The van der Waals surface area contributed by atoms with Gasteiger partial charge in [0.1, 0.15) is 6.61 Å². The molecule has 0 aliphatic rings. The SMILES string of the molecule is Cc1cc(S(=O)(=O)Cl)ccc1C(=O)NCCOCC(F)F. The van der Waals surface area contributed by atoms with E-state index in [4.69, 9.17) is 10.7 Å². The predicted octanol–water partition coefficient (Wildman–Crippen LogP) is 1.93. The van der Waals surface area contributed by atoms with Gasteiger partial charge in [0.05, 0.1) is 11.5 Å². The normalized spacial score (nSPS) is 11.7. The highest BCUT2D eigenvalue weighted by Crippen LogP contribution is 2.18. The number of hydrogen-bond acceptors (Lipinski definition) is 4. The molecule has 0 atom stereocenters. The number of aryl methyl sites for hydroxylation is 1. The fourth-order valence-corrected chi connectivity index (χ4v) is 2.38. The highest BCUT2D eigenvalue weighted by molar-refractivity contribution is 8.13. The average Bonchev–Trinajstić information content (AvgIpc) is 2.36. The molecule has 1 aromatic carbocycles. The van der Waals surface area contributed by atoms with Crippen LogP contribution < -0.4 is 5.32 Å². The van der Waals surface area contributed by atoms with Crippen LogP contribution in [0.3, 0.4) is 0 Å². The summed E-state index contributed by atoms with van der Waals surface area (Å²) < 4.78 is 50.5. The molecule has 5 nitrogen and oxygen atoms in total. The van der Waals surface area contributed by atoms with Gasteiger partial charge in [0.25, 0.3) is 21.4 Å². The minimum absolute atomic E-state index is 0.0384. The third-order valence-electron chi connectivity index (χ3n) is 2.50. The molecule has 1 N–H and O–H groups in total. The van der Waals surface area contributed by atoms with E-state index in [2.05, 4.69) is 10.1 Å². The van der Waals surface area contributed by atoms with Crippen LogP contribution in [-0.2, 0) is 13.8 Å². The maximum atomic E-state index is 11.8. The number of halogens is 3. The van der Waals surface area contributed by atoms with Crippen LogP contribution in [0.1, 0.15) is 15.9 Å². The lowest BCUT2D eigenvalue weighted by atomic mass is 10.1. The summed E-state index contributed by atoms with van der Waals surface area (Å²) in [6, 6.07) is 3.84. The van der Waals surface area contributed by atoms with Crippen molar-refractivity contribution in [3.8, 4) is 0 Å². The Morgan fingerprint density at radius 2 is 2.10 bits per heavy atom. The summed E-state index contributed by atoms with van der Waals surface area (Å²) in [5, 5.41) is 2.48. The zero-order chi connectivity index (χ0) is 16.0. The van der Waals surface area contributed by atoms with Gasteiger partial charge in [-0.1, -0.05) is 0 Å². The van der Waals surface area contributed by atoms with Gasteiger partial charge >= 0.3 is 0 Å². The molecule has 0 spiro atoms. The Balaban J connectivity index is 2.59. The third kappa shape index (κ3) is 5.94. The first-order valence-corrected chi connectivity index (χ1v) is 8.22. The highest BCUT2D eigenvalue weighted by Gasteiger charge is 2.14. The Kier molecular flexibility index (Phi) is 6.50. The number of nitrogens with one attached hydrogen (secondary N) is 1. The second-order valence-corrected chi connectivity index (χ2v) is 6.70. The second kappa shape index (κ2) is 7.67. The molecule has 1 aromatic rings. The average molecular weight is 342 g/mol. The van der Waals surface area contributed by atoms with Crippen molar-refractivity contribution >= 4 is 25.6 Å². The van der Waals surface area contributed by atoms with Crippen molar-refractivity contribution in [1.29, 1.82) is 0 Å². The maximum Gasteiger partial charge on any atom is 0.261 e. The summed E-state index contributed by atoms with van der Waals surface area (Å²) in [6.07, 6.45) is -2.55. The molecule has 0 saturated carbocycles. The molecule has 0 aromatic heterocycles. The van der Waals surface area contributed by atoms with Gasteiger partial charge in [-0.05, 0) is 30.7 Å². The van der Waals surface area contributed by atoms with Crippen LogP contribution in [0, 0.1) is 6.92 Å². The van der Waals surface area contributed by atoms with Crippen LogP contribution in [0.15, 0.2) is 23.1 Å². The summed E-state index contributed by atoms with van der Waals surface area (Å²) in [7, 11) is 1.35. The monoisotopic (exact) mass is 341 g/mol. The van der Waals surface area contributed by atoms with Crippen molar-refractivity contribution in [1.82, 2.24) is 5.32 Å². The molecular formula is C12H14ClF2NO4S. The van der Waals surface area contributed by atoms with Gasteiger partial charge in [0, 0.05) is 22.8 Å². The molecule has 1 rings (SSSR count). The first-order valence-electron chi connectivity index (χ1n) is 5.91. The quantitative estimate of drug-likeness (QED) is 0.607. The van der Waals surface area contributed by atoms with E-state index in [9.17, 15) is 22.0 Å². The highest BCUT2D eigenvalue weighted by atomic mass is 35.7. The first-order chi connectivity index (χ1) is 9.71. The van der Waals surface area contributed by atoms with Crippen LogP contribution >= 0.6 is 10.7 Å². The van der Waals surface area contributed by atoms with E-state index in [0.29, 0.717) is 5.56 Å². The Morgan fingerprint density at radius 3 is 2.62 bits per heavy atom. The molecule has 0 bridgehead atoms. The van der Waals surface area contributed by atoms with Crippen molar-refractivity contribution in [3.63, 3.8) is 0 Å². The molecule has 0 heterocycles. The number of benzene rings is 1. The van der Waals surface area contributed by atoms with E-state index >= 15 is 0 Å². The number of carbonyl (C=O) groups is 1. The third-order valence-corrected chi connectivity index (χ3v) is 3.85. The van der Waals surface area contributed by atoms with E-state index in [1.807, 2.05) is 0 Å². The first kappa shape index (κ1) is 17.8. The maximum absolute atomic E-state index is 11.8. The lowest BCUT2D eigenvalue weighted by molar-refractivity contribution is 0.0188. The molecule has 0 radical (unpaired) electrons. The lowest BCUT2D eigenvalue weighted by Crippen LogP contribution is -2.28. The molecule has 1 amide bonds. The van der Waals surface area contributed by atoms with Gasteiger partial charge in [-0.25, -0.2) is 17.2 Å². The molecule has 0 aliphatic heterocycles. The minimum atomic E-state index is -3.85. The van der Waals surface area contributed by atoms with Gasteiger partial charge < -0.3 is 10.1 Å². The molecule has 0 unspecified atom stereocenters. The molecule has 9 heteroatoms. The second-order valence-electron chi connectivity index (χ2n) is 4.14. The standard InChI is InChI=1S/C12H14ClF2NO4S/c1-8-6-9(21(13,18)19)2-3-10(8)12(17)16-4-5-20-7-11(14)15/h2-3,6,11H,4-5,7H2,1H3,(H,16,17). The summed E-state index contributed by atoms with van der Waals surface area (Å²) in [5.74, 6) is -0.452. The largest absolute Gasteiger partial charge is 0.374 e. The van der Waals surface area contributed by atoms with E-state index in [-0.39, 0.29) is 23.6 Å². The van der Waals surface area contributed by atoms with Crippen molar-refractivity contribution in [2.45, 2.75) is 18.2 Å². The van der Waals surface area contributed by atoms with E-state index in [1.165, 1.54) is 18.2 Å². The van der Waals surface area contributed by atoms with Crippen molar-refractivity contribution in [2.75, 3.05) is 19.8 Å². The van der Waals surface area contributed by atoms with Crippen LogP contribution in [0.2, 0.25) is 0 Å². The van der Waals surface area contributed by atoms with Gasteiger partial charge in [-0.2, -0.15) is 0 Å². The number of amides is 1. The molecule has 21 heavy (non-hydrogen) atoms. The molecule has 118 valence electrons. The molecule has 0 fully saturated rings. The predicted molar refractivity (Wildman–Crippen MR) is 73.4 cm³/mol. The lowest BCUT2D eigenvalue weighted by Gasteiger charge is -2.09. The number of alkyl halides is 2. The Morgan fingerprint density at radius 1 is 1.43 bits per heavy atom. The van der Waals surface area contributed by atoms with Gasteiger partial charge in [-0.3, -0.25) is 4.79 Å². The molecule has 0 saturated heterocycles. The summed E-state index contributed by atoms with van der Waals surface area (Å²) in [4.78, 5) is 11.7. The Hall–Kier alpha value is -1.25. The van der Waals surface area contributed by atoms with Gasteiger partial charge in [0.2, 0.25) is 0 Å². The Bertz CT molecular complexity index is 607. The van der Waals surface area contributed by atoms with Crippen LogP contribution in [0.25, 0.3) is 0 Å². The van der Waals surface area contributed by atoms with Crippen LogP contribution in [0.4, 0.5) is 8.78 Å². The van der Waals surface area contributed by atoms with E-state index in [0.717, 1.165) is 0 Å². The fraction of sp³-hybridized carbons (Fsp3) is 0.417. The summed E-state index contributed by atoms with van der Waals surface area (Å²) >= 11 is 0. The van der Waals surface area contributed by atoms with Crippen molar-refractivity contribution in [3.05, 3.63) is 29.3 Å². The van der Waals surface area contributed by atoms with Crippen LogP contribution in [-0.4, -0.2) is 40.5 Å². The van der Waals surface area contributed by atoms with Crippen LogP contribution in [0.5, 0.6) is 0 Å². The van der Waals surface area contributed by atoms with Gasteiger partial charge in [0.15, 0.2) is 0 Å². The number of hydrogen-bond donors (Lipinski definition) is 1. The van der Waals surface area contributed by atoms with Gasteiger partial charge in [-0.15, -0.1) is 0 Å². The topological polar surface area (TPSA) is 72.5 Å². The smallest absolute Gasteiger partial charge is 0.261 e. The van der Waals surface area contributed by atoms with Crippen molar-refractivity contribution in [2.24, 2.45) is 0 Å². The number of carbonyl (C=O) groups excluding carboxylic acids is 1. The van der Waals surface area contributed by atoms with E-state index in [1.54, 1.807) is 6.92 Å². The molecular weight excluding hydrogens is 328 g/mol. The fourth-order valence-electron chi connectivity index (χ4n) is 1.55. The minimum Gasteiger partial charge on any atom is -0.374 e. The number of ether oxygens (including phenoxy) is 1. The number of rotatable bonds is 7. The zero-order valence-electron chi connectivity index (χ0n) is 11.1. The molecule has 0 aliphatic carbocycles.